The highest BCUT2D eigenvalue weighted by atomic mass is 127. The molecule has 3 heterocycles. The van der Waals surface area contributed by atoms with Gasteiger partial charge in [0.2, 0.25) is 0 Å². The van der Waals surface area contributed by atoms with Crippen LogP contribution in [0.3, 0.4) is 0 Å². The number of halogens is 4. The van der Waals surface area contributed by atoms with Gasteiger partial charge >= 0.3 is 6.18 Å². The van der Waals surface area contributed by atoms with E-state index in [0.717, 1.165) is 61.0 Å². The van der Waals surface area contributed by atoms with Crippen LogP contribution in [-0.4, -0.2) is 57.2 Å². The van der Waals surface area contributed by atoms with Crippen LogP contribution in [0.2, 0.25) is 0 Å². The fourth-order valence-corrected chi connectivity index (χ4v) is 3.81. The summed E-state index contributed by atoms with van der Waals surface area (Å²) in [5.74, 6) is 2.07. The van der Waals surface area contributed by atoms with Gasteiger partial charge in [-0.05, 0) is 19.8 Å². The van der Waals surface area contributed by atoms with Crippen molar-refractivity contribution in [1.82, 2.24) is 30.4 Å². The van der Waals surface area contributed by atoms with Crippen molar-refractivity contribution in [2.24, 2.45) is 4.99 Å². The van der Waals surface area contributed by atoms with Crippen molar-refractivity contribution in [3.05, 3.63) is 28.2 Å². The topological polar surface area (TPSA) is 82.1 Å². The van der Waals surface area contributed by atoms with E-state index in [0.29, 0.717) is 23.9 Å². The van der Waals surface area contributed by atoms with Gasteiger partial charge in [0.05, 0.1) is 5.01 Å². The number of alkyl halides is 3. The summed E-state index contributed by atoms with van der Waals surface area (Å²) in [6, 6.07) is 0. The fourth-order valence-electron chi connectivity index (χ4n) is 3.02. The molecule has 12 heteroatoms. The van der Waals surface area contributed by atoms with Gasteiger partial charge in [-0.3, -0.25) is 10.1 Å². The standard InChI is InChI=1S/C16H22F3N7S.HI/c1-2-20-15(21-6-3-13-24-12(9-27-13)16(17,18)19)26-7-4-11(5-8-26)14-22-10-23-25-14;/h9-11H,2-8H2,1H3,(H,20,21)(H,22,23,25);1H. The first-order chi connectivity index (χ1) is 13.0. The Morgan fingerprint density at radius 1 is 1.39 bits per heavy atom. The number of guanidine groups is 1. The molecule has 1 aliphatic rings. The second-order valence-corrected chi connectivity index (χ2v) is 7.18. The van der Waals surface area contributed by atoms with Crippen molar-refractivity contribution in [2.45, 2.75) is 38.3 Å². The van der Waals surface area contributed by atoms with Crippen molar-refractivity contribution in [3.8, 4) is 0 Å². The molecule has 2 N–H and O–H groups in total. The number of likely N-dealkylation sites (tertiary alicyclic amines) is 1. The second kappa shape index (κ2) is 10.4. The molecule has 2 aromatic rings. The number of aromatic amines is 1. The number of rotatable bonds is 5. The molecule has 1 fully saturated rings. The van der Waals surface area contributed by atoms with Gasteiger partial charge < -0.3 is 10.2 Å². The van der Waals surface area contributed by atoms with Gasteiger partial charge in [0, 0.05) is 43.9 Å². The second-order valence-electron chi connectivity index (χ2n) is 6.24. The molecule has 1 aliphatic heterocycles. The number of aliphatic imine (C=N–C) groups is 1. The maximum atomic E-state index is 12.6. The third-order valence-corrected chi connectivity index (χ3v) is 5.29. The third kappa shape index (κ3) is 6.03. The van der Waals surface area contributed by atoms with Crippen LogP contribution >= 0.6 is 35.3 Å². The molecule has 3 rings (SSSR count). The molecule has 28 heavy (non-hydrogen) atoms. The van der Waals surface area contributed by atoms with Gasteiger partial charge in [-0.25, -0.2) is 9.97 Å². The average Bonchev–Trinajstić information content (AvgIpc) is 3.33. The van der Waals surface area contributed by atoms with Crippen molar-refractivity contribution in [2.75, 3.05) is 26.2 Å². The number of piperidine rings is 1. The molecule has 156 valence electrons. The van der Waals surface area contributed by atoms with E-state index in [2.05, 4.69) is 35.4 Å². The summed E-state index contributed by atoms with van der Waals surface area (Å²) in [4.78, 5) is 14.6. The van der Waals surface area contributed by atoms with Crippen molar-refractivity contribution in [1.29, 1.82) is 0 Å². The van der Waals surface area contributed by atoms with Gasteiger partial charge in [0.25, 0.3) is 0 Å². The number of thiazole rings is 1. The van der Waals surface area contributed by atoms with Gasteiger partial charge in [-0.15, -0.1) is 35.3 Å². The van der Waals surface area contributed by atoms with Crippen LogP contribution < -0.4 is 5.32 Å². The minimum atomic E-state index is -4.39. The Morgan fingerprint density at radius 3 is 2.71 bits per heavy atom. The number of H-pyrrole nitrogens is 1. The first kappa shape index (κ1) is 22.8. The average molecular weight is 529 g/mol. The van der Waals surface area contributed by atoms with Crippen molar-refractivity contribution in [3.63, 3.8) is 0 Å². The van der Waals surface area contributed by atoms with Gasteiger partial charge in [-0.2, -0.15) is 18.3 Å². The molecule has 0 radical (unpaired) electrons. The Labute approximate surface area is 182 Å². The highest BCUT2D eigenvalue weighted by molar-refractivity contribution is 14.0. The summed E-state index contributed by atoms with van der Waals surface area (Å²) in [6.45, 7) is 4.80. The lowest BCUT2D eigenvalue weighted by molar-refractivity contribution is -0.140. The summed E-state index contributed by atoms with van der Waals surface area (Å²) in [5.41, 5.74) is -0.826. The summed E-state index contributed by atoms with van der Waals surface area (Å²) < 4.78 is 37.9. The summed E-state index contributed by atoms with van der Waals surface area (Å²) >= 11 is 1.03. The van der Waals surface area contributed by atoms with Gasteiger partial charge in [0.1, 0.15) is 12.2 Å². The van der Waals surface area contributed by atoms with Crippen molar-refractivity contribution < 1.29 is 13.2 Å². The molecule has 0 aliphatic carbocycles. The van der Waals surface area contributed by atoms with E-state index in [1.807, 2.05) is 6.92 Å². The van der Waals surface area contributed by atoms with E-state index in [4.69, 9.17) is 0 Å². The molecule has 2 aromatic heterocycles. The number of aromatic nitrogens is 4. The summed E-state index contributed by atoms with van der Waals surface area (Å²) in [5, 5.41) is 11.6. The quantitative estimate of drug-likeness (QED) is 0.353. The highest BCUT2D eigenvalue weighted by Crippen LogP contribution is 2.30. The molecular weight excluding hydrogens is 506 g/mol. The Kier molecular flexibility index (Phi) is 8.46. The van der Waals surface area contributed by atoms with Crippen LogP contribution in [0.15, 0.2) is 16.7 Å². The van der Waals surface area contributed by atoms with E-state index in [-0.39, 0.29) is 24.0 Å². The van der Waals surface area contributed by atoms with Gasteiger partial charge in [0.15, 0.2) is 11.7 Å². The third-order valence-electron chi connectivity index (χ3n) is 4.38. The number of hydrogen-bond acceptors (Lipinski definition) is 5. The van der Waals surface area contributed by atoms with Crippen LogP contribution in [0, 0.1) is 0 Å². The monoisotopic (exact) mass is 529 g/mol. The zero-order valence-corrected chi connectivity index (χ0v) is 18.5. The lowest BCUT2D eigenvalue weighted by Crippen LogP contribution is -2.45. The molecule has 0 amide bonds. The van der Waals surface area contributed by atoms with Crippen molar-refractivity contribution >= 4 is 41.3 Å². The van der Waals surface area contributed by atoms with E-state index in [1.165, 1.54) is 6.33 Å². The fraction of sp³-hybridized carbons (Fsp3) is 0.625. The molecular formula is C16H23F3IN7S. The molecule has 1 saturated heterocycles. The number of nitrogens with zero attached hydrogens (tertiary/aromatic N) is 5. The Hall–Kier alpha value is -1.44. The van der Waals surface area contributed by atoms with Crippen LogP contribution in [-0.2, 0) is 12.6 Å². The molecule has 0 saturated carbocycles. The predicted octanol–water partition coefficient (Wildman–Crippen LogP) is 3.29. The van der Waals surface area contributed by atoms with Crippen LogP contribution in [0.1, 0.15) is 42.2 Å². The van der Waals surface area contributed by atoms with E-state index >= 15 is 0 Å². The van der Waals surface area contributed by atoms with Crippen LogP contribution in [0.4, 0.5) is 13.2 Å². The van der Waals surface area contributed by atoms with E-state index < -0.39 is 11.9 Å². The van der Waals surface area contributed by atoms with Gasteiger partial charge in [-0.1, -0.05) is 0 Å². The first-order valence-corrected chi connectivity index (χ1v) is 9.75. The van der Waals surface area contributed by atoms with E-state index in [1.54, 1.807) is 0 Å². The van der Waals surface area contributed by atoms with Crippen LogP contribution in [0.5, 0.6) is 0 Å². The van der Waals surface area contributed by atoms with E-state index in [9.17, 15) is 13.2 Å². The summed E-state index contributed by atoms with van der Waals surface area (Å²) in [7, 11) is 0. The minimum absolute atomic E-state index is 0. The molecule has 0 unspecified atom stereocenters. The maximum Gasteiger partial charge on any atom is 0.434 e. The lowest BCUT2D eigenvalue weighted by atomic mass is 9.96. The zero-order valence-electron chi connectivity index (χ0n) is 15.4. The van der Waals surface area contributed by atoms with Crippen LogP contribution in [0.25, 0.3) is 0 Å². The molecule has 0 spiro atoms. The normalized spacial score (nSPS) is 16.1. The minimum Gasteiger partial charge on any atom is -0.357 e. The largest absolute Gasteiger partial charge is 0.434 e. The molecule has 0 bridgehead atoms. The Bertz CT molecular complexity index is 740. The zero-order chi connectivity index (χ0) is 19.3. The Balaban J connectivity index is 0.00000280. The Morgan fingerprint density at radius 2 is 2.14 bits per heavy atom. The predicted molar refractivity (Wildman–Crippen MR) is 112 cm³/mol. The molecule has 0 aromatic carbocycles. The highest BCUT2D eigenvalue weighted by Gasteiger charge is 2.33. The maximum absolute atomic E-state index is 12.6. The number of nitrogens with one attached hydrogen (secondary N) is 2. The smallest absolute Gasteiger partial charge is 0.357 e. The molecule has 0 atom stereocenters. The SMILES string of the molecule is CCNC(=NCCc1nc(C(F)(F)F)cs1)N1CCC(c2ncn[nH]2)CC1.I. The molecule has 7 nitrogen and oxygen atoms in total. The first-order valence-electron chi connectivity index (χ1n) is 8.87. The number of hydrogen-bond donors (Lipinski definition) is 2. The summed E-state index contributed by atoms with van der Waals surface area (Å²) in [6.07, 6.45) is -0.580. The lowest BCUT2D eigenvalue weighted by Gasteiger charge is -2.33.